The summed E-state index contributed by atoms with van der Waals surface area (Å²) < 4.78 is 7.32. The number of halogens is 1. The fourth-order valence-electron chi connectivity index (χ4n) is 1.93. The molecule has 3 rings (SSSR count). The van der Waals surface area contributed by atoms with Crippen LogP contribution in [0, 0.1) is 5.92 Å². The molecule has 1 aromatic carbocycles. The van der Waals surface area contributed by atoms with E-state index in [2.05, 4.69) is 15.5 Å². The van der Waals surface area contributed by atoms with E-state index in [4.69, 9.17) is 22.1 Å². The van der Waals surface area contributed by atoms with Gasteiger partial charge in [-0.3, -0.25) is 0 Å². The fourth-order valence-corrected chi connectivity index (χ4v) is 2.05. The normalized spacial score (nSPS) is 14.7. The molecule has 106 valence electrons. The minimum atomic E-state index is 0.517. The van der Waals surface area contributed by atoms with Gasteiger partial charge in [-0.15, -0.1) is 5.10 Å². The smallest absolute Gasteiger partial charge is 0.182 e. The molecule has 1 fully saturated rings. The topological polar surface area (TPSA) is 78.9 Å². The molecule has 0 radical (unpaired) electrons. The van der Waals surface area contributed by atoms with Gasteiger partial charge in [0.25, 0.3) is 0 Å². The highest BCUT2D eigenvalue weighted by atomic mass is 35.5. The third-order valence-corrected chi connectivity index (χ3v) is 3.63. The van der Waals surface area contributed by atoms with Crippen molar-refractivity contribution in [1.82, 2.24) is 20.2 Å². The first kappa shape index (κ1) is 13.3. The molecule has 1 saturated carbocycles. The van der Waals surface area contributed by atoms with E-state index >= 15 is 0 Å². The lowest BCUT2D eigenvalue weighted by molar-refractivity contribution is 0.114. The van der Waals surface area contributed by atoms with Crippen LogP contribution in [-0.2, 0) is 11.3 Å². The number of nitrogens with two attached hydrogens (primary N) is 1. The minimum absolute atomic E-state index is 0.517. The van der Waals surface area contributed by atoms with Crippen LogP contribution < -0.4 is 5.73 Å². The maximum absolute atomic E-state index is 5.92. The zero-order chi connectivity index (χ0) is 13.9. The van der Waals surface area contributed by atoms with Gasteiger partial charge >= 0.3 is 0 Å². The largest absolute Gasteiger partial charge is 0.398 e. The lowest BCUT2D eigenvalue weighted by Gasteiger charge is -2.06. The van der Waals surface area contributed by atoms with Crippen molar-refractivity contribution in [3.63, 3.8) is 0 Å². The molecule has 0 unspecified atom stereocenters. The van der Waals surface area contributed by atoms with Crippen molar-refractivity contribution in [2.45, 2.75) is 19.4 Å². The second kappa shape index (κ2) is 5.76. The first-order valence-electron chi connectivity index (χ1n) is 6.63. The monoisotopic (exact) mass is 293 g/mol. The van der Waals surface area contributed by atoms with Crippen molar-refractivity contribution in [2.75, 3.05) is 18.9 Å². The highest BCUT2D eigenvalue weighted by Crippen LogP contribution is 2.28. The number of anilines is 1. The molecule has 1 heterocycles. The molecule has 0 atom stereocenters. The summed E-state index contributed by atoms with van der Waals surface area (Å²) in [4.78, 5) is 0. The number of nitrogen functional groups attached to an aromatic ring is 1. The number of hydrogen-bond acceptors (Lipinski definition) is 5. The van der Waals surface area contributed by atoms with Crippen LogP contribution in [0.1, 0.15) is 12.8 Å². The summed E-state index contributed by atoms with van der Waals surface area (Å²) in [5.41, 5.74) is 7.17. The van der Waals surface area contributed by atoms with Crippen LogP contribution in [0.4, 0.5) is 5.69 Å². The summed E-state index contributed by atoms with van der Waals surface area (Å²) in [5.74, 6) is 1.43. The summed E-state index contributed by atoms with van der Waals surface area (Å²) in [6.45, 7) is 2.07. The first-order valence-corrected chi connectivity index (χ1v) is 7.01. The molecule has 0 amide bonds. The molecule has 1 aliphatic rings. The van der Waals surface area contributed by atoms with Crippen molar-refractivity contribution in [3.8, 4) is 11.4 Å². The molecule has 2 N–H and O–H groups in total. The van der Waals surface area contributed by atoms with Gasteiger partial charge in [0.2, 0.25) is 0 Å². The Morgan fingerprint density at radius 1 is 1.40 bits per heavy atom. The molecule has 1 aliphatic carbocycles. The number of hydrogen-bond donors (Lipinski definition) is 1. The Morgan fingerprint density at radius 3 is 3.00 bits per heavy atom. The predicted molar refractivity (Wildman–Crippen MR) is 76.2 cm³/mol. The van der Waals surface area contributed by atoms with Gasteiger partial charge < -0.3 is 10.5 Å². The molecule has 6 nitrogen and oxygen atoms in total. The Labute approximate surface area is 121 Å². The maximum Gasteiger partial charge on any atom is 0.182 e. The molecule has 2 aromatic rings. The molecule has 0 aliphatic heterocycles. The summed E-state index contributed by atoms with van der Waals surface area (Å²) in [5, 5.41) is 12.2. The van der Waals surface area contributed by atoms with Crippen molar-refractivity contribution in [3.05, 3.63) is 23.2 Å². The van der Waals surface area contributed by atoms with Gasteiger partial charge in [0.15, 0.2) is 5.82 Å². The number of tetrazole rings is 1. The summed E-state index contributed by atoms with van der Waals surface area (Å²) in [6, 6.07) is 5.37. The van der Waals surface area contributed by atoms with Gasteiger partial charge in [-0.05, 0) is 47.4 Å². The number of aromatic nitrogens is 4. The quantitative estimate of drug-likeness (QED) is 0.651. The van der Waals surface area contributed by atoms with Crippen molar-refractivity contribution in [1.29, 1.82) is 0 Å². The Balaban J connectivity index is 1.66. The SMILES string of the molecule is Nc1cc(-c2nnnn2CCOCC2CC2)ccc1Cl. The fraction of sp³-hybridized carbons (Fsp3) is 0.462. The van der Waals surface area contributed by atoms with E-state index in [0.717, 1.165) is 18.1 Å². The van der Waals surface area contributed by atoms with E-state index in [1.165, 1.54) is 12.8 Å². The van der Waals surface area contributed by atoms with E-state index in [-0.39, 0.29) is 0 Å². The number of rotatable bonds is 6. The average molecular weight is 294 g/mol. The van der Waals surface area contributed by atoms with E-state index in [1.54, 1.807) is 16.8 Å². The van der Waals surface area contributed by atoms with Crippen LogP contribution in [0.2, 0.25) is 5.02 Å². The third kappa shape index (κ3) is 3.08. The molecule has 0 saturated heterocycles. The van der Waals surface area contributed by atoms with Crippen LogP contribution in [-0.4, -0.2) is 33.4 Å². The maximum atomic E-state index is 5.92. The lowest BCUT2D eigenvalue weighted by atomic mass is 10.2. The summed E-state index contributed by atoms with van der Waals surface area (Å²) in [7, 11) is 0. The van der Waals surface area contributed by atoms with E-state index in [0.29, 0.717) is 29.7 Å². The van der Waals surface area contributed by atoms with Gasteiger partial charge in [-0.1, -0.05) is 11.6 Å². The highest BCUT2D eigenvalue weighted by molar-refractivity contribution is 6.33. The van der Waals surface area contributed by atoms with Crippen LogP contribution >= 0.6 is 11.6 Å². The Kier molecular flexibility index (Phi) is 3.84. The Bertz CT molecular complexity index is 596. The zero-order valence-electron chi connectivity index (χ0n) is 11.0. The van der Waals surface area contributed by atoms with Gasteiger partial charge in [-0.25, -0.2) is 4.68 Å². The second-order valence-electron chi connectivity index (χ2n) is 4.98. The van der Waals surface area contributed by atoms with Gasteiger partial charge in [-0.2, -0.15) is 0 Å². The Morgan fingerprint density at radius 2 is 2.25 bits per heavy atom. The lowest BCUT2D eigenvalue weighted by Crippen LogP contribution is -2.10. The Hall–Kier alpha value is -1.66. The second-order valence-corrected chi connectivity index (χ2v) is 5.39. The molecule has 7 heteroatoms. The zero-order valence-corrected chi connectivity index (χ0v) is 11.8. The number of ether oxygens (including phenoxy) is 1. The van der Waals surface area contributed by atoms with Gasteiger partial charge in [0.05, 0.1) is 23.9 Å². The van der Waals surface area contributed by atoms with Crippen molar-refractivity contribution < 1.29 is 4.74 Å². The molecule has 0 spiro atoms. The van der Waals surface area contributed by atoms with E-state index in [1.807, 2.05) is 6.07 Å². The number of benzene rings is 1. The van der Waals surface area contributed by atoms with Crippen LogP contribution in [0.3, 0.4) is 0 Å². The number of nitrogens with zero attached hydrogens (tertiary/aromatic N) is 4. The van der Waals surface area contributed by atoms with E-state index in [9.17, 15) is 0 Å². The minimum Gasteiger partial charge on any atom is -0.398 e. The summed E-state index contributed by atoms with van der Waals surface area (Å²) in [6.07, 6.45) is 2.58. The van der Waals surface area contributed by atoms with Crippen LogP contribution in [0.5, 0.6) is 0 Å². The molecule has 20 heavy (non-hydrogen) atoms. The van der Waals surface area contributed by atoms with Crippen LogP contribution in [0.15, 0.2) is 18.2 Å². The molecule has 0 bridgehead atoms. The van der Waals surface area contributed by atoms with Gasteiger partial charge in [0, 0.05) is 12.2 Å². The third-order valence-electron chi connectivity index (χ3n) is 3.28. The molecular weight excluding hydrogens is 278 g/mol. The van der Waals surface area contributed by atoms with Crippen LogP contribution in [0.25, 0.3) is 11.4 Å². The highest BCUT2D eigenvalue weighted by Gasteiger charge is 2.21. The van der Waals surface area contributed by atoms with Gasteiger partial charge in [0.1, 0.15) is 0 Å². The summed E-state index contributed by atoms with van der Waals surface area (Å²) >= 11 is 5.92. The van der Waals surface area contributed by atoms with Crippen molar-refractivity contribution in [2.24, 2.45) is 5.92 Å². The first-order chi connectivity index (χ1) is 9.74. The average Bonchev–Trinajstić information content (AvgIpc) is 3.15. The standard InChI is InChI=1S/C13H16ClN5O/c14-11-4-3-10(7-12(11)15)13-16-17-18-19(13)5-6-20-8-9-1-2-9/h3-4,7,9H,1-2,5-6,8,15H2. The molecule has 1 aromatic heterocycles. The van der Waals surface area contributed by atoms with Crippen molar-refractivity contribution >= 4 is 17.3 Å². The molecular formula is C13H16ClN5O. The predicted octanol–water partition coefficient (Wildman–Crippen LogP) is 2.00. The van der Waals surface area contributed by atoms with E-state index < -0.39 is 0 Å².